The van der Waals surface area contributed by atoms with Crippen molar-refractivity contribution in [2.75, 3.05) is 20.8 Å². The van der Waals surface area contributed by atoms with Gasteiger partial charge in [0, 0.05) is 26.0 Å². The summed E-state index contributed by atoms with van der Waals surface area (Å²) < 4.78 is 10.6. The molecular weight excluding hydrogens is 270 g/mol. The van der Waals surface area contributed by atoms with Gasteiger partial charge in [0.2, 0.25) is 0 Å². The number of methoxy groups -OCH3 is 2. The highest BCUT2D eigenvalue weighted by Crippen LogP contribution is 2.20. The van der Waals surface area contributed by atoms with Crippen LogP contribution in [0.2, 0.25) is 0 Å². The van der Waals surface area contributed by atoms with Gasteiger partial charge in [0.25, 0.3) is 5.91 Å². The van der Waals surface area contributed by atoms with E-state index in [1.165, 1.54) is 18.6 Å². The molecule has 6 nitrogen and oxygen atoms in total. The van der Waals surface area contributed by atoms with Crippen molar-refractivity contribution in [1.82, 2.24) is 15.3 Å². The molecule has 0 aliphatic rings. The minimum Gasteiger partial charge on any atom is -0.497 e. The maximum absolute atomic E-state index is 11.9. The molecule has 1 amide bonds. The molecule has 0 radical (unpaired) electrons. The Morgan fingerprint density at radius 2 is 2.19 bits per heavy atom. The fourth-order valence-electron chi connectivity index (χ4n) is 1.87. The number of aromatic nitrogens is 2. The largest absolute Gasteiger partial charge is 0.497 e. The third kappa shape index (κ3) is 4.00. The zero-order valence-electron chi connectivity index (χ0n) is 11.9. The second-order valence-electron chi connectivity index (χ2n) is 4.30. The molecule has 1 aromatic carbocycles. The van der Waals surface area contributed by atoms with E-state index in [2.05, 4.69) is 15.3 Å². The predicted molar refractivity (Wildman–Crippen MR) is 77.1 cm³/mol. The summed E-state index contributed by atoms with van der Waals surface area (Å²) in [6.45, 7) is 0.332. The zero-order chi connectivity index (χ0) is 15.1. The Kier molecular flexibility index (Phi) is 5.22. The van der Waals surface area contributed by atoms with Gasteiger partial charge < -0.3 is 14.8 Å². The first-order valence-electron chi connectivity index (χ1n) is 6.45. The van der Waals surface area contributed by atoms with Crippen LogP contribution >= 0.6 is 0 Å². The molecule has 1 atom stereocenters. The quantitative estimate of drug-likeness (QED) is 0.873. The summed E-state index contributed by atoms with van der Waals surface area (Å²) in [6, 6.07) is 7.53. The standard InChI is InChI=1S/C15H17N3O3/c1-20-12-5-3-4-11(8-12)14(21-2)10-18-15(19)13-9-16-6-7-17-13/h3-9,14H,10H2,1-2H3,(H,18,19). The fraction of sp³-hybridized carbons (Fsp3) is 0.267. The number of carbonyl (C=O) groups excluding carboxylic acids is 1. The van der Waals surface area contributed by atoms with Crippen LogP contribution in [0.25, 0.3) is 0 Å². The van der Waals surface area contributed by atoms with Crippen molar-refractivity contribution < 1.29 is 14.3 Å². The number of carbonyl (C=O) groups is 1. The van der Waals surface area contributed by atoms with Gasteiger partial charge in [-0.25, -0.2) is 4.98 Å². The van der Waals surface area contributed by atoms with Gasteiger partial charge in [-0.2, -0.15) is 0 Å². The minimum absolute atomic E-state index is 0.263. The lowest BCUT2D eigenvalue weighted by molar-refractivity contribution is 0.0823. The normalized spacial score (nSPS) is 11.7. The number of ether oxygens (including phenoxy) is 2. The third-order valence-electron chi connectivity index (χ3n) is 2.99. The highest BCUT2D eigenvalue weighted by atomic mass is 16.5. The van der Waals surface area contributed by atoms with Crippen LogP contribution in [-0.4, -0.2) is 36.6 Å². The van der Waals surface area contributed by atoms with Gasteiger partial charge >= 0.3 is 0 Å². The van der Waals surface area contributed by atoms with Crippen LogP contribution in [0.5, 0.6) is 5.75 Å². The first-order chi connectivity index (χ1) is 10.2. The number of hydrogen-bond acceptors (Lipinski definition) is 5. The van der Waals surface area contributed by atoms with Gasteiger partial charge in [-0.15, -0.1) is 0 Å². The Hall–Kier alpha value is -2.47. The number of benzene rings is 1. The summed E-state index contributed by atoms with van der Waals surface area (Å²) in [7, 11) is 3.20. The van der Waals surface area contributed by atoms with Crippen LogP contribution in [0.3, 0.4) is 0 Å². The van der Waals surface area contributed by atoms with Crippen molar-refractivity contribution in [2.45, 2.75) is 6.10 Å². The summed E-state index contributed by atoms with van der Waals surface area (Å²) in [5.74, 6) is 0.461. The molecule has 0 spiro atoms. The molecule has 21 heavy (non-hydrogen) atoms. The zero-order valence-corrected chi connectivity index (χ0v) is 11.9. The first kappa shape index (κ1) is 14.9. The second-order valence-corrected chi connectivity index (χ2v) is 4.30. The summed E-state index contributed by atoms with van der Waals surface area (Å²) in [4.78, 5) is 19.7. The molecule has 0 aliphatic carbocycles. The number of hydrogen-bond donors (Lipinski definition) is 1. The summed E-state index contributed by atoms with van der Waals surface area (Å²) >= 11 is 0. The second kappa shape index (κ2) is 7.35. The maximum atomic E-state index is 11.9. The molecule has 2 aromatic rings. The molecular formula is C15H17N3O3. The van der Waals surface area contributed by atoms with E-state index in [9.17, 15) is 4.79 Å². The van der Waals surface area contributed by atoms with E-state index in [-0.39, 0.29) is 17.7 Å². The molecule has 0 bridgehead atoms. The van der Waals surface area contributed by atoms with Crippen molar-refractivity contribution in [3.8, 4) is 5.75 Å². The topological polar surface area (TPSA) is 73.3 Å². The van der Waals surface area contributed by atoms with Gasteiger partial charge in [-0.3, -0.25) is 9.78 Å². The van der Waals surface area contributed by atoms with Crippen LogP contribution in [0, 0.1) is 0 Å². The lowest BCUT2D eigenvalue weighted by Gasteiger charge is -2.17. The Morgan fingerprint density at radius 3 is 2.86 bits per heavy atom. The smallest absolute Gasteiger partial charge is 0.271 e. The third-order valence-corrected chi connectivity index (χ3v) is 2.99. The lowest BCUT2D eigenvalue weighted by Crippen LogP contribution is -2.29. The lowest BCUT2D eigenvalue weighted by atomic mass is 10.1. The van der Waals surface area contributed by atoms with Gasteiger partial charge in [0.05, 0.1) is 19.4 Å². The predicted octanol–water partition coefficient (Wildman–Crippen LogP) is 1.60. The van der Waals surface area contributed by atoms with Gasteiger partial charge in [-0.1, -0.05) is 12.1 Å². The molecule has 110 valence electrons. The van der Waals surface area contributed by atoms with E-state index in [1.54, 1.807) is 14.2 Å². The average Bonchev–Trinajstić information content (AvgIpc) is 2.56. The van der Waals surface area contributed by atoms with Crippen molar-refractivity contribution in [1.29, 1.82) is 0 Å². The maximum Gasteiger partial charge on any atom is 0.271 e. The van der Waals surface area contributed by atoms with E-state index in [1.807, 2.05) is 24.3 Å². The van der Waals surface area contributed by atoms with Gasteiger partial charge in [0.1, 0.15) is 11.4 Å². The Bertz CT molecular complexity index is 590. The fourth-order valence-corrected chi connectivity index (χ4v) is 1.87. The molecule has 1 unspecified atom stereocenters. The molecule has 0 saturated heterocycles. The molecule has 2 rings (SSSR count). The highest BCUT2D eigenvalue weighted by Gasteiger charge is 2.14. The Morgan fingerprint density at radius 1 is 1.33 bits per heavy atom. The summed E-state index contributed by atoms with van der Waals surface area (Å²) in [5, 5.41) is 2.78. The van der Waals surface area contributed by atoms with Crippen molar-refractivity contribution in [2.24, 2.45) is 0 Å². The highest BCUT2D eigenvalue weighted by molar-refractivity contribution is 5.91. The van der Waals surface area contributed by atoms with E-state index in [4.69, 9.17) is 9.47 Å². The molecule has 6 heteroatoms. The molecule has 0 fully saturated rings. The van der Waals surface area contributed by atoms with Crippen LogP contribution in [0.4, 0.5) is 0 Å². The Balaban J connectivity index is 2.01. The summed E-state index contributed by atoms with van der Waals surface area (Å²) in [6.07, 6.45) is 4.15. The number of nitrogens with zero attached hydrogens (tertiary/aromatic N) is 2. The Labute approximate surface area is 123 Å². The summed E-state index contributed by atoms with van der Waals surface area (Å²) in [5.41, 5.74) is 1.20. The SMILES string of the molecule is COc1cccc(C(CNC(=O)c2cnccn2)OC)c1. The number of nitrogens with one attached hydrogen (secondary N) is 1. The minimum atomic E-state index is -0.284. The molecule has 0 aliphatic heterocycles. The molecule has 1 heterocycles. The van der Waals surface area contributed by atoms with Crippen molar-refractivity contribution >= 4 is 5.91 Å². The monoisotopic (exact) mass is 287 g/mol. The number of rotatable bonds is 6. The van der Waals surface area contributed by atoms with Gasteiger partial charge in [0.15, 0.2) is 0 Å². The van der Waals surface area contributed by atoms with Crippen molar-refractivity contribution in [3.05, 3.63) is 54.1 Å². The van der Waals surface area contributed by atoms with E-state index in [0.717, 1.165) is 11.3 Å². The molecule has 0 saturated carbocycles. The van der Waals surface area contributed by atoms with Crippen LogP contribution in [0.1, 0.15) is 22.2 Å². The molecule has 1 aromatic heterocycles. The van der Waals surface area contributed by atoms with Crippen LogP contribution < -0.4 is 10.1 Å². The van der Waals surface area contributed by atoms with Crippen molar-refractivity contribution in [3.63, 3.8) is 0 Å². The van der Waals surface area contributed by atoms with E-state index in [0.29, 0.717) is 6.54 Å². The molecule has 1 N–H and O–H groups in total. The van der Waals surface area contributed by atoms with Crippen LogP contribution in [0.15, 0.2) is 42.9 Å². The van der Waals surface area contributed by atoms with Gasteiger partial charge in [-0.05, 0) is 17.7 Å². The average molecular weight is 287 g/mol. The van der Waals surface area contributed by atoms with E-state index >= 15 is 0 Å². The number of amides is 1. The first-order valence-corrected chi connectivity index (χ1v) is 6.45. The van der Waals surface area contributed by atoms with Crippen LogP contribution in [-0.2, 0) is 4.74 Å². The van der Waals surface area contributed by atoms with E-state index < -0.39 is 0 Å².